The lowest BCUT2D eigenvalue weighted by atomic mass is 9.89. The predicted molar refractivity (Wildman–Crippen MR) is 66.3 cm³/mol. The van der Waals surface area contributed by atoms with E-state index in [1.807, 2.05) is 7.05 Å². The molecule has 0 unspecified atom stereocenters. The van der Waals surface area contributed by atoms with E-state index in [0.29, 0.717) is 12.8 Å². The molecule has 0 spiro atoms. The highest BCUT2D eigenvalue weighted by molar-refractivity contribution is 6.29. The Labute approximate surface area is 110 Å². The summed E-state index contributed by atoms with van der Waals surface area (Å²) < 4.78 is 5.03. The Bertz CT molecular complexity index is 484. The third-order valence-corrected chi connectivity index (χ3v) is 3.41. The van der Waals surface area contributed by atoms with Crippen molar-refractivity contribution in [3.63, 3.8) is 0 Å². The lowest BCUT2D eigenvalue weighted by molar-refractivity contribution is 0.0854. The van der Waals surface area contributed by atoms with E-state index < -0.39 is 11.4 Å². The normalized spacial score (nSPS) is 19.2. The van der Waals surface area contributed by atoms with Gasteiger partial charge < -0.3 is 14.6 Å². The number of furan rings is 1. The lowest BCUT2D eigenvalue weighted by Gasteiger charge is -2.35. The first-order valence-electron chi connectivity index (χ1n) is 5.72. The summed E-state index contributed by atoms with van der Waals surface area (Å²) in [7, 11) is 2.00. The Kier molecular flexibility index (Phi) is 3.60. The van der Waals surface area contributed by atoms with Gasteiger partial charge in [-0.3, -0.25) is 4.79 Å². The number of nitrogens with one attached hydrogen (secondary N) is 1. The summed E-state index contributed by atoms with van der Waals surface area (Å²) in [6.45, 7) is 1.57. The Morgan fingerprint density at radius 3 is 2.72 bits per heavy atom. The van der Waals surface area contributed by atoms with Gasteiger partial charge in [0.05, 0.1) is 6.07 Å². The summed E-state index contributed by atoms with van der Waals surface area (Å²) in [6.07, 6.45) is 1.22. The predicted octanol–water partition coefficient (Wildman–Crippen LogP) is 1.65. The zero-order valence-corrected chi connectivity index (χ0v) is 10.8. The molecule has 1 amide bonds. The van der Waals surface area contributed by atoms with Crippen molar-refractivity contribution in [3.8, 4) is 6.07 Å². The van der Waals surface area contributed by atoms with Crippen LogP contribution in [0.5, 0.6) is 0 Å². The Morgan fingerprint density at radius 1 is 1.56 bits per heavy atom. The molecule has 0 bridgehead atoms. The largest absolute Gasteiger partial charge is 0.440 e. The van der Waals surface area contributed by atoms with Crippen LogP contribution in [0.3, 0.4) is 0 Å². The monoisotopic (exact) mass is 267 g/mol. The van der Waals surface area contributed by atoms with E-state index in [1.54, 1.807) is 0 Å². The average Bonchev–Trinajstić information content (AvgIpc) is 2.79. The van der Waals surface area contributed by atoms with Gasteiger partial charge in [-0.1, -0.05) is 0 Å². The van der Waals surface area contributed by atoms with Crippen molar-refractivity contribution < 1.29 is 9.21 Å². The summed E-state index contributed by atoms with van der Waals surface area (Å²) in [5.74, 6) is -0.262. The lowest BCUT2D eigenvalue weighted by Crippen LogP contribution is -2.53. The van der Waals surface area contributed by atoms with Crippen molar-refractivity contribution >= 4 is 17.5 Å². The fraction of sp³-hybridized carbons (Fsp3) is 0.500. The second-order valence-electron chi connectivity index (χ2n) is 4.56. The first-order chi connectivity index (χ1) is 8.54. The number of likely N-dealkylation sites (tertiary alicyclic amines) is 1. The number of amides is 1. The van der Waals surface area contributed by atoms with E-state index in [9.17, 15) is 10.1 Å². The molecule has 18 heavy (non-hydrogen) atoms. The van der Waals surface area contributed by atoms with Crippen LogP contribution in [0.25, 0.3) is 0 Å². The molecule has 0 atom stereocenters. The molecule has 2 rings (SSSR count). The molecule has 6 heteroatoms. The molecule has 1 fully saturated rings. The molecule has 1 aliphatic heterocycles. The van der Waals surface area contributed by atoms with Crippen molar-refractivity contribution in [3.05, 3.63) is 23.1 Å². The molecule has 1 aromatic rings. The molecule has 0 saturated carbocycles. The van der Waals surface area contributed by atoms with Gasteiger partial charge in [0.2, 0.25) is 0 Å². The second kappa shape index (κ2) is 5.01. The minimum Gasteiger partial charge on any atom is -0.440 e. The molecular weight excluding hydrogens is 254 g/mol. The second-order valence-corrected chi connectivity index (χ2v) is 4.93. The molecule has 1 aromatic heterocycles. The maximum atomic E-state index is 11.9. The third kappa shape index (κ3) is 2.66. The molecule has 0 aliphatic carbocycles. The Hall–Kier alpha value is -1.51. The van der Waals surface area contributed by atoms with E-state index in [0.717, 1.165) is 13.1 Å². The maximum Gasteiger partial charge on any atom is 0.288 e. The van der Waals surface area contributed by atoms with Crippen LogP contribution < -0.4 is 5.32 Å². The fourth-order valence-electron chi connectivity index (χ4n) is 1.98. The smallest absolute Gasteiger partial charge is 0.288 e. The molecule has 1 aliphatic rings. The van der Waals surface area contributed by atoms with Crippen molar-refractivity contribution in [2.24, 2.45) is 0 Å². The van der Waals surface area contributed by atoms with Crippen LogP contribution in [-0.4, -0.2) is 36.5 Å². The van der Waals surface area contributed by atoms with Gasteiger partial charge in [-0.05, 0) is 43.6 Å². The van der Waals surface area contributed by atoms with Crippen LogP contribution in [0, 0.1) is 11.3 Å². The molecule has 0 radical (unpaired) electrons. The van der Waals surface area contributed by atoms with Gasteiger partial charge in [0, 0.05) is 13.1 Å². The highest BCUT2D eigenvalue weighted by Gasteiger charge is 2.36. The minimum atomic E-state index is -0.803. The summed E-state index contributed by atoms with van der Waals surface area (Å²) in [5.41, 5.74) is -0.803. The number of hydrogen-bond acceptors (Lipinski definition) is 4. The Morgan fingerprint density at radius 2 is 2.22 bits per heavy atom. The molecule has 5 nitrogen and oxygen atoms in total. The highest BCUT2D eigenvalue weighted by atomic mass is 35.5. The van der Waals surface area contributed by atoms with Crippen molar-refractivity contribution in [1.82, 2.24) is 10.2 Å². The fourth-order valence-corrected chi connectivity index (χ4v) is 2.13. The van der Waals surface area contributed by atoms with E-state index in [1.165, 1.54) is 12.1 Å². The summed E-state index contributed by atoms with van der Waals surface area (Å²) in [6, 6.07) is 5.21. The number of hydrogen-bond donors (Lipinski definition) is 1. The quantitative estimate of drug-likeness (QED) is 0.885. The molecule has 2 heterocycles. The van der Waals surface area contributed by atoms with Crippen LogP contribution in [0.1, 0.15) is 23.4 Å². The summed E-state index contributed by atoms with van der Waals surface area (Å²) in [5, 5.41) is 12.2. The maximum absolute atomic E-state index is 11.9. The zero-order chi connectivity index (χ0) is 13.2. The number of carbonyl (C=O) groups excluding carboxylic acids is 1. The standard InChI is InChI=1S/C12H14ClN3O2/c1-16-6-4-12(8-14,5-7-16)15-11(17)9-2-3-10(13)18-9/h2-3H,4-7H2,1H3,(H,15,17). The number of nitrogens with zero attached hydrogens (tertiary/aromatic N) is 2. The third-order valence-electron chi connectivity index (χ3n) is 3.20. The van der Waals surface area contributed by atoms with Gasteiger partial charge in [0.25, 0.3) is 5.91 Å². The molecule has 0 aromatic carbocycles. The van der Waals surface area contributed by atoms with Crippen LogP contribution in [0.2, 0.25) is 5.22 Å². The molecule has 96 valence electrons. The summed E-state index contributed by atoms with van der Waals surface area (Å²) in [4.78, 5) is 14.1. The number of carbonyl (C=O) groups is 1. The SMILES string of the molecule is CN1CCC(C#N)(NC(=O)c2ccc(Cl)o2)CC1. The summed E-state index contributed by atoms with van der Waals surface area (Å²) >= 11 is 5.62. The first-order valence-corrected chi connectivity index (χ1v) is 6.10. The molecule has 1 N–H and O–H groups in total. The molecule has 1 saturated heterocycles. The van der Waals surface area contributed by atoms with Crippen molar-refractivity contribution in [2.75, 3.05) is 20.1 Å². The van der Waals surface area contributed by atoms with Crippen LogP contribution in [0.4, 0.5) is 0 Å². The Balaban J connectivity index is 2.07. The van der Waals surface area contributed by atoms with Crippen LogP contribution >= 0.6 is 11.6 Å². The van der Waals surface area contributed by atoms with Gasteiger partial charge in [-0.15, -0.1) is 0 Å². The van der Waals surface area contributed by atoms with Crippen molar-refractivity contribution in [1.29, 1.82) is 5.26 Å². The van der Waals surface area contributed by atoms with Crippen LogP contribution in [0.15, 0.2) is 16.5 Å². The number of piperidine rings is 1. The van der Waals surface area contributed by atoms with E-state index in [2.05, 4.69) is 16.3 Å². The van der Waals surface area contributed by atoms with Crippen molar-refractivity contribution in [2.45, 2.75) is 18.4 Å². The number of rotatable bonds is 2. The first kappa shape index (κ1) is 12.9. The van der Waals surface area contributed by atoms with Gasteiger partial charge in [0.15, 0.2) is 11.0 Å². The van der Waals surface area contributed by atoms with E-state index in [4.69, 9.17) is 16.0 Å². The van der Waals surface area contributed by atoms with Gasteiger partial charge in [-0.25, -0.2) is 0 Å². The topological polar surface area (TPSA) is 69.3 Å². The molecular formula is C12H14ClN3O2. The highest BCUT2D eigenvalue weighted by Crippen LogP contribution is 2.22. The number of nitriles is 1. The minimum absolute atomic E-state index is 0.133. The average molecular weight is 268 g/mol. The van der Waals surface area contributed by atoms with Gasteiger partial charge >= 0.3 is 0 Å². The van der Waals surface area contributed by atoms with E-state index >= 15 is 0 Å². The van der Waals surface area contributed by atoms with Gasteiger partial charge in [0.1, 0.15) is 5.54 Å². The number of halogens is 1. The van der Waals surface area contributed by atoms with Crippen LogP contribution in [-0.2, 0) is 0 Å². The zero-order valence-electron chi connectivity index (χ0n) is 10.1. The van der Waals surface area contributed by atoms with Gasteiger partial charge in [-0.2, -0.15) is 5.26 Å². The van der Waals surface area contributed by atoms with E-state index in [-0.39, 0.29) is 11.0 Å².